The molecule has 0 spiro atoms. The summed E-state index contributed by atoms with van der Waals surface area (Å²) < 4.78 is 32.3. The van der Waals surface area contributed by atoms with Gasteiger partial charge in [-0.2, -0.15) is 9.29 Å². The normalized spacial score (nSPS) is 16.3. The van der Waals surface area contributed by atoms with E-state index in [1.807, 2.05) is 12.1 Å². The SMILES string of the molecule is O=S(=O)(c1ccccc1)N1CCN(Cc2nc(-c3cccc(Cl)c3)no2)CC1. The number of hydrogen-bond donors (Lipinski definition) is 0. The highest BCUT2D eigenvalue weighted by Gasteiger charge is 2.28. The van der Waals surface area contributed by atoms with Gasteiger partial charge in [0.1, 0.15) is 0 Å². The molecule has 9 heteroatoms. The molecule has 2 heterocycles. The van der Waals surface area contributed by atoms with Crippen LogP contribution in [-0.2, 0) is 16.6 Å². The van der Waals surface area contributed by atoms with Gasteiger partial charge in [0, 0.05) is 36.8 Å². The maximum Gasteiger partial charge on any atom is 0.243 e. The second-order valence-electron chi connectivity index (χ2n) is 6.52. The summed E-state index contributed by atoms with van der Waals surface area (Å²) in [6, 6.07) is 15.8. The summed E-state index contributed by atoms with van der Waals surface area (Å²) in [7, 11) is -3.45. The van der Waals surface area contributed by atoms with Crippen LogP contribution in [0.5, 0.6) is 0 Å². The van der Waals surface area contributed by atoms with Crippen LogP contribution in [0.4, 0.5) is 0 Å². The van der Waals surface area contributed by atoms with Crippen molar-refractivity contribution in [3.8, 4) is 11.4 Å². The van der Waals surface area contributed by atoms with Crippen molar-refractivity contribution >= 4 is 21.6 Å². The Kier molecular flexibility index (Phi) is 5.45. The van der Waals surface area contributed by atoms with Crippen molar-refractivity contribution in [2.24, 2.45) is 0 Å². The molecular weight excluding hydrogens is 400 g/mol. The van der Waals surface area contributed by atoms with E-state index in [1.165, 1.54) is 4.31 Å². The molecule has 0 unspecified atom stereocenters. The third-order valence-electron chi connectivity index (χ3n) is 4.62. The fourth-order valence-corrected chi connectivity index (χ4v) is 4.76. The first-order valence-electron chi connectivity index (χ1n) is 8.88. The van der Waals surface area contributed by atoms with E-state index >= 15 is 0 Å². The molecule has 2 aromatic carbocycles. The molecule has 146 valence electrons. The standard InChI is InChI=1S/C19H19ClN4O3S/c20-16-6-4-5-15(13-16)19-21-18(27-22-19)14-23-9-11-24(12-10-23)28(25,26)17-7-2-1-3-8-17/h1-8,13H,9-12,14H2. The zero-order valence-corrected chi connectivity index (χ0v) is 16.6. The fraction of sp³-hybridized carbons (Fsp3) is 0.263. The fourth-order valence-electron chi connectivity index (χ4n) is 3.12. The van der Waals surface area contributed by atoms with E-state index in [2.05, 4.69) is 15.0 Å². The van der Waals surface area contributed by atoms with Crippen molar-refractivity contribution in [3.05, 3.63) is 65.5 Å². The first-order valence-corrected chi connectivity index (χ1v) is 10.7. The molecule has 0 N–H and O–H groups in total. The Hall–Kier alpha value is -2.26. The molecule has 0 bridgehead atoms. The van der Waals surface area contributed by atoms with Crippen LogP contribution in [0.3, 0.4) is 0 Å². The molecule has 0 radical (unpaired) electrons. The molecule has 0 amide bonds. The molecule has 7 nitrogen and oxygen atoms in total. The zero-order chi connectivity index (χ0) is 19.6. The molecule has 1 aliphatic heterocycles. The predicted octanol–water partition coefficient (Wildman–Crippen LogP) is 2.90. The van der Waals surface area contributed by atoms with Crippen LogP contribution in [0.15, 0.2) is 64.0 Å². The van der Waals surface area contributed by atoms with Gasteiger partial charge in [0.25, 0.3) is 0 Å². The minimum absolute atomic E-state index is 0.325. The highest BCUT2D eigenvalue weighted by molar-refractivity contribution is 7.89. The molecule has 1 fully saturated rings. The molecule has 1 saturated heterocycles. The van der Waals surface area contributed by atoms with Crippen LogP contribution >= 0.6 is 11.6 Å². The van der Waals surface area contributed by atoms with Crippen molar-refractivity contribution in [2.45, 2.75) is 11.4 Å². The van der Waals surface area contributed by atoms with Crippen LogP contribution in [0, 0.1) is 0 Å². The Labute approximate surface area is 168 Å². The van der Waals surface area contributed by atoms with E-state index in [0.717, 1.165) is 5.56 Å². The molecule has 1 aliphatic rings. The van der Waals surface area contributed by atoms with Crippen molar-refractivity contribution in [3.63, 3.8) is 0 Å². The van der Waals surface area contributed by atoms with Crippen molar-refractivity contribution in [1.82, 2.24) is 19.3 Å². The van der Waals surface area contributed by atoms with E-state index in [0.29, 0.717) is 54.4 Å². The molecule has 3 aromatic rings. The van der Waals surface area contributed by atoms with E-state index in [1.54, 1.807) is 42.5 Å². The topological polar surface area (TPSA) is 79.5 Å². The molecular formula is C19H19ClN4O3S. The third-order valence-corrected chi connectivity index (χ3v) is 6.77. The van der Waals surface area contributed by atoms with Gasteiger partial charge in [-0.25, -0.2) is 8.42 Å². The van der Waals surface area contributed by atoms with Crippen molar-refractivity contribution in [2.75, 3.05) is 26.2 Å². The third kappa shape index (κ3) is 4.10. The van der Waals surface area contributed by atoms with E-state index in [4.69, 9.17) is 16.1 Å². The van der Waals surface area contributed by atoms with Gasteiger partial charge >= 0.3 is 0 Å². The van der Waals surface area contributed by atoms with Gasteiger partial charge in [0.05, 0.1) is 11.4 Å². The number of benzene rings is 2. The molecule has 0 atom stereocenters. The number of hydrogen-bond acceptors (Lipinski definition) is 6. The number of piperazine rings is 1. The van der Waals surface area contributed by atoms with E-state index in [-0.39, 0.29) is 0 Å². The van der Waals surface area contributed by atoms with Crippen LogP contribution in [0.25, 0.3) is 11.4 Å². The lowest BCUT2D eigenvalue weighted by Gasteiger charge is -2.33. The average Bonchev–Trinajstić information content (AvgIpc) is 3.18. The van der Waals surface area contributed by atoms with Gasteiger partial charge < -0.3 is 4.52 Å². The number of nitrogens with zero attached hydrogens (tertiary/aromatic N) is 4. The van der Waals surface area contributed by atoms with Crippen LogP contribution in [0.1, 0.15) is 5.89 Å². The number of aromatic nitrogens is 2. The molecule has 0 aliphatic carbocycles. The van der Waals surface area contributed by atoms with Gasteiger partial charge in [-0.3, -0.25) is 4.90 Å². The first kappa shape index (κ1) is 19.1. The Morgan fingerprint density at radius 1 is 1.00 bits per heavy atom. The Bertz CT molecular complexity index is 1050. The van der Waals surface area contributed by atoms with Gasteiger partial charge in [-0.1, -0.05) is 47.1 Å². The van der Waals surface area contributed by atoms with Gasteiger partial charge in [0.15, 0.2) is 0 Å². The summed E-state index contributed by atoms with van der Waals surface area (Å²) in [5, 5.41) is 4.62. The van der Waals surface area contributed by atoms with Crippen LogP contribution < -0.4 is 0 Å². The second kappa shape index (κ2) is 8.00. The highest BCUT2D eigenvalue weighted by atomic mass is 35.5. The number of sulfonamides is 1. The first-order chi connectivity index (χ1) is 13.5. The maximum atomic E-state index is 12.7. The lowest BCUT2D eigenvalue weighted by atomic mass is 10.2. The van der Waals surface area contributed by atoms with Gasteiger partial charge in [-0.05, 0) is 24.3 Å². The van der Waals surface area contributed by atoms with Crippen LogP contribution in [0.2, 0.25) is 5.02 Å². The summed E-state index contributed by atoms with van der Waals surface area (Å²) in [5.41, 5.74) is 0.793. The predicted molar refractivity (Wildman–Crippen MR) is 105 cm³/mol. The quantitative estimate of drug-likeness (QED) is 0.633. The molecule has 1 aromatic heterocycles. The number of rotatable bonds is 5. The lowest BCUT2D eigenvalue weighted by Crippen LogP contribution is -2.48. The minimum Gasteiger partial charge on any atom is -0.338 e. The summed E-state index contributed by atoms with van der Waals surface area (Å²) >= 11 is 6.00. The zero-order valence-electron chi connectivity index (χ0n) is 15.0. The Morgan fingerprint density at radius 3 is 2.46 bits per heavy atom. The highest BCUT2D eigenvalue weighted by Crippen LogP contribution is 2.21. The van der Waals surface area contributed by atoms with Crippen LogP contribution in [-0.4, -0.2) is 53.9 Å². The summed E-state index contributed by atoms with van der Waals surface area (Å²) in [6.07, 6.45) is 0. The summed E-state index contributed by atoms with van der Waals surface area (Å²) in [5.74, 6) is 0.983. The lowest BCUT2D eigenvalue weighted by molar-refractivity contribution is 0.163. The average molecular weight is 419 g/mol. The summed E-state index contributed by atoms with van der Waals surface area (Å²) in [4.78, 5) is 6.85. The Balaban J connectivity index is 1.38. The molecule has 0 saturated carbocycles. The van der Waals surface area contributed by atoms with Gasteiger partial charge in [-0.15, -0.1) is 0 Å². The smallest absolute Gasteiger partial charge is 0.243 e. The monoisotopic (exact) mass is 418 g/mol. The number of halogens is 1. The maximum absolute atomic E-state index is 12.7. The van der Waals surface area contributed by atoms with E-state index < -0.39 is 10.0 Å². The Morgan fingerprint density at radius 2 is 1.75 bits per heavy atom. The molecule has 4 rings (SSSR count). The van der Waals surface area contributed by atoms with Crippen molar-refractivity contribution in [1.29, 1.82) is 0 Å². The second-order valence-corrected chi connectivity index (χ2v) is 8.89. The minimum atomic E-state index is -3.45. The van der Waals surface area contributed by atoms with E-state index in [9.17, 15) is 8.42 Å². The largest absolute Gasteiger partial charge is 0.338 e. The van der Waals surface area contributed by atoms with Gasteiger partial charge in [0.2, 0.25) is 21.7 Å². The summed E-state index contributed by atoms with van der Waals surface area (Å²) in [6.45, 7) is 2.52. The molecule has 28 heavy (non-hydrogen) atoms. The van der Waals surface area contributed by atoms with Crippen molar-refractivity contribution < 1.29 is 12.9 Å².